The van der Waals surface area contributed by atoms with Crippen LogP contribution in [0.3, 0.4) is 0 Å². The molecule has 0 fully saturated rings. The summed E-state index contributed by atoms with van der Waals surface area (Å²) in [5, 5.41) is 18.0. The number of hydrogen-bond donors (Lipinski definition) is 0. The van der Waals surface area contributed by atoms with Crippen molar-refractivity contribution in [3.8, 4) is 11.4 Å². The first-order chi connectivity index (χ1) is 7.63. The molecule has 0 saturated carbocycles. The zero-order valence-electron chi connectivity index (χ0n) is 8.46. The van der Waals surface area contributed by atoms with Crippen molar-refractivity contribution in [1.82, 2.24) is 10.3 Å². The molecule has 0 aromatic carbocycles. The lowest BCUT2D eigenvalue weighted by Crippen LogP contribution is -2.25. The summed E-state index contributed by atoms with van der Waals surface area (Å²) < 4.78 is 13.5. The van der Waals surface area contributed by atoms with Crippen LogP contribution >= 0.6 is 0 Å². The maximum atomic E-state index is 11.1. The van der Waals surface area contributed by atoms with Crippen molar-refractivity contribution in [2.45, 2.75) is 6.92 Å². The second kappa shape index (κ2) is 3.65. The van der Waals surface area contributed by atoms with Gasteiger partial charge < -0.3 is 14.5 Å². The fourth-order valence-electron chi connectivity index (χ4n) is 1.11. The Labute approximate surface area is 88.9 Å². The van der Waals surface area contributed by atoms with Gasteiger partial charge in [-0.05, 0) is 4.90 Å². The lowest BCUT2D eigenvalue weighted by Gasteiger charge is -1.88. The summed E-state index contributed by atoms with van der Waals surface area (Å²) in [4.78, 5) is 11.3. The number of carbonyl (C=O) groups is 1. The highest BCUT2D eigenvalue weighted by Gasteiger charge is 2.23. The number of hydrogen-bond acceptors (Lipinski definition) is 7. The Morgan fingerprint density at radius 3 is 2.88 bits per heavy atom. The van der Waals surface area contributed by atoms with Gasteiger partial charge in [0.1, 0.15) is 0 Å². The molecule has 2 rings (SSSR count). The molecule has 0 unspecified atom stereocenters. The van der Waals surface area contributed by atoms with E-state index < -0.39 is 5.97 Å². The Bertz CT molecular complexity index is 530. The van der Waals surface area contributed by atoms with Gasteiger partial charge in [-0.25, -0.2) is 4.79 Å². The van der Waals surface area contributed by atoms with Crippen molar-refractivity contribution in [3.05, 3.63) is 22.7 Å². The Balaban J connectivity index is 2.39. The topological polar surface area (TPSA) is 105 Å². The molecule has 0 aliphatic heterocycles. The minimum atomic E-state index is -0.658. The lowest BCUT2D eigenvalue weighted by atomic mass is 10.2. The van der Waals surface area contributed by atoms with Gasteiger partial charge in [0, 0.05) is 18.1 Å². The smallest absolute Gasteiger partial charge is 0.376 e. The molecule has 0 N–H and O–H groups in total. The van der Waals surface area contributed by atoms with E-state index in [-0.39, 0.29) is 27.7 Å². The van der Waals surface area contributed by atoms with Crippen molar-refractivity contribution in [2.75, 3.05) is 7.11 Å². The minimum Gasteiger partial charge on any atom is -0.463 e. The zero-order chi connectivity index (χ0) is 11.7. The average molecular weight is 225 g/mol. The van der Waals surface area contributed by atoms with Gasteiger partial charge in [0.15, 0.2) is 5.69 Å². The first-order valence-corrected chi connectivity index (χ1v) is 4.25. The second-order valence-corrected chi connectivity index (χ2v) is 2.93. The summed E-state index contributed by atoms with van der Waals surface area (Å²) in [7, 11) is 1.22. The molecule has 2 aromatic heterocycles. The maximum Gasteiger partial charge on any atom is 0.376 e. The summed E-state index contributed by atoms with van der Waals surface area (Å²) >= 11 is 0. The highest BCUT2D eigenvalue weighted by Crippen LogP contribution is 2.18. The summed E-state index contributed by atoms with van der Waals surface area (Å²) in [6.07, 6.45) is 0. The highest BCUT2D eigenvalue weighted by atomic mass is 16.8. The summed E-state index contributed by atoms with van der Waals surface area (Å²) in [6, 6.07) is 1.32. The molecule has 0 bridgehead atoms. The van der Waals surface area contributed by atoms with Crippen molar-refractivity contribution in [3.63, 3.8) is 0 Å². The van der Waals surface area contributed by atoms with Crippen LogP contribution in [0.25, 0.3) is 11.4 Å². The second-order valence-electron chi connectivity index (χ2n) is 2.93. The number of esters is 1. The van der Waals surface area contributed by atoms with E-state index in [1.807, 2.05) is 0 Å². The van der Waals surface area contributed by atoms with E-state index in [9.17, 15) is 10.0 Å². The van der Waals surface area contributed by atoms with Gasteiger partial charge in [-0.3, -0.25) is 4.63 Å². The molecule has 0 amide bonds. The zero-order valence-corrected chi connectivity index (χ0v) is 8.46. The quantitative estimate of drug-likeness (QED) is 0.525. The van der Waals surface area contributed by atoms with Crippen LogP contribution in [0.4, 0.5) is 0 Å². The van der Waals surface area contributed by atoms with E-state index in [2.05, 4.69) is 19.7 Å². The first kappa shape index (κ1) is 10.1. The molecule has 0 atom stereocenters. The Morgan fingerprint density at radius 1 is 1.56 bits per heavy atom. The van der Waals surface area contributed by atoms with Crippen LogP contribution in [0, 0.1) is 12.1 Å². The molecule has 16 heavy (non-hydrogen) atoms. The Morgan fingerprint density at radius 2 is 2.31 bits per heavy atom. The summed E-state index contributed by atoms with van der Waals surface area (Å²) in [5.41, 5.74) is 0.676. The maximum absolute atomic E-state index is 11.1. The van der Waals surface area contributed by atoms with Gasteiger partial charge in [-0.2, -0.15) is 0 Å². The number of rotatable bonds is 2. The predicted octanol–water partition coefficient (Wildman–Crippen LogP) is 0.0580. The molecule has 2 heterocycles. The van der Waals surface area contributed by atoms with Gasteiger partial charge in [-0.15, -0.1) is 0 Å². The fourth-order valence-corrected chi connectivity index (χ4v) is 1.11. The number of carbonyl (C=O) groups excluding carboxylic acids is 1. The molecule has 0 aliphatic rings. The third-order valence-corrected chi connectivity index (χ3v) is 1.96. The van der Waals surface area contributed by atoms with Crippen LogP contribution in [0.1, 0.15) is 16.2 Å². The minimum absolute atomic E-state index is 0.0719. The van der Waals surface area contributed by atoms with Gasteiger partial charge in [0.2, 0.25) is 11.5 Å². The van der Waals surface area contributed by atoms with Crippen LogP contribution in [-0.2, 0) is 4.74 Å². The number of ether oxygens (including phenoxy) is 1. The first-order valence-electron chi connectivity index (χ1n) is 4.25. The van der Waals surface area contributed by atoms with Crippen molar-refractivity contribution in [2.24, 2.45) is 0 Å². The molecule has 8 heteroatoms. The van der Waals surface area contributed by atoms with Crippen LogP contribution in [0.2, 0.25) is 0 Å². The SMILES string of the molecule is COC(=O)c1cc(-c2no[n+]([O-])c2C)no1. The van der Waals surface area contributed by atoms with E-state index >= 15 is 0 Å². The predicted molar refractivity (Wildman–Crippen MR) is 47.0 cm³/mol. The molecule has 0 aliphatic carbocycles. The Hall–Kier alpha value is -2.38. The Kier molecular flexibility index (Phi) is 2.31. The van der Waals surface area contributed by atoms with Gasteiger partial charge in [-0.1, -0.05) is 5.16 Å². The molecule has 2 aromatic rings. The number of aromatic nitrogens is 3. The van der Waals surface area contributed by atoms with E-state index in [0.29, 0.717) is 0 Å². The standard InChI is InChI=1S/C8H7N3O5/c1-4-7(10-16-11(4)13)5-3-6(15-9-5)8(12)14-2/h3H,1-2H3. The highest BCUT2D eigenvalue weighted by molar-refractivity contribution is 5.87. The van der Waals surface area contributed by atoms with Crippen LogP contribution in [-0.4, -0.2) is 23.4 Å². The third-order valence-electron chi connectivity index (χ3n) is 1.96. The molecule has 84 valence electrons. The number of methoxy groups -OCH3 is 1. The molecule has 0 radical (unpaired) electrons. The van der Waals surface area contributed by atoms with Crippen LogP contribution in [0.5, 0.6) is 0 Å². The van der Waals surface area contributed by atoms with Gasteiger partial charge in [0.05, 0.1) is 7.11 Å². The van der Waals surface area contributed by atoms with Crippen LogP contribution in [0.15, 0.2) is 15.2 Å². The number of nitrogens with zero attached hydrogens (tertiary/aromatic N) is 3. The summed E-state index contributed by atoms with van der Waals surface area (Å²) in [5.74, 6) is -0.729. The fraction of sp³-hybridized carbons (Fsp3) is 0.250. The summed E-state index contributed by atoms with van der Waals surface area (Å²) in [6.45, 7) is 1.51. The molecular formula is C8H7N3O5. The monoisotopic (exact) mass is 225 g/mol. The molecule has 0 saturated heterocycles. The van der Waals surface area contributed by atoms with Gasteiger partial charge >= 0.3 is 5.97 Å². The normalized spacial score (nSPS) is 10.4. The van der Waals surface area contributed by atoms with Crippen LogP contribution < -0.4 is 4.90 Å². The molecular weight excluding hydrogens is 218 g/mol. The van der Waals surface area contributed by atoms with Crippen molar-refractivity contribution >= 4 is 5.97 Å². The van der Waals surface area contributed by atoms with E-state index in [4.69, 9.17) is 4.52 Å². The van der Waals surface area contributed by atoms with Crippen molar-refractivity contribution in [1.29, 1.82) is 0 Å². The lowest BCUT2D eigenvalue weighted by molar-refractivity contribution is -0.806. The third kappa shape index (κ3) is 1.49. The molecule has 8 nitrogen and oxygen atoms in total. The van der Waals surface area contributed by atoms with Gasteiger partial charge in [0.25, 0.3) is 5.69 Å². The van der Waals surface area contributed by atoms with E-state index in [0.717, 1.165) is 0 Å². The van der Waals surface area contributed by atoms with Crippen molar-refractivity contribution < 1.29 is 23.6 Å². The largest absolute Gasteiger partial charge is 0.463 e. The van der Waals surface area contributed by atoms with E-state index in [1.54, 1.807) is 0 Å². The molecule has 0 spiro atoms. The average Bonchev–Trinajstić information content (AvgIpc) is 2.87. The van der Waals surface area contributed by atoms with E-state index in [1.165, 1.54) is 20.1 Å².